The van der Waals surface area contributed by atoms with E-state index >= 15 is 0 Å². The summed E-state index contributed by atoms with van der Waals surface area (Å²) in [4.78, 5) is 45.8. The van der Waals surface area contributed by atoms with Gasteiger partial charge in [-0.15, -0.1) is 0 Å². The second-order valence-electron chi connectivity index (χ2n) is 15.2. The number of ether oxygens (including phenoxy) is 1. The van der Waals surface area contributed by atoms with Crippen molar-refractivity contribution in [1.29, 1.82) is 5.41 Å². The molecule has 3 heterocycles. The van der Waals surface area contributed by atoms with Gasteiger partial charge < -0.3 is 4.74 Å². The van der Waals surface area contributed by atoms with E-state index in [1.165, 1.54) is 33.0 Å². The van der Waals surface area contributed by atoms with Crippen molar-refractivity contribution in [2.75, 3.05) is 33.3 Å². The molecule has 2 aliphatic rings. The van der Waals surface area contributed by atoms with E-state index in [0.717, 1.165) is 5.06 Å². The van der Waals surface area contributed by atoms with Gasteiger partial charge in [-0.1, -0.05) is 0 Å². The van der Waals surface area contributed by atoms with E-state index in [1.807, 2.05) is 96.4 Å². The molecule has 16 heteroatoms. The number of amides is 4. The van der Waals surface area contributed by atoms with Crippen LogP contribution in [0.4, 0.5) is 9.59 Å². The molecule has 1 fully saturated rings. The average molecular weight is 834 g/mol. The third kappa shape index (κ3) is 7.62. The number of amidine groups is 1. The molecule has 3 aromatic carbocycles. The molecule has 1 aromatic heterocycles. The second kappa shape index (κ2) is 15.8. The number of thiophene rings is 1. The van der Waals surface area contributed by atoms with Gasteiger partial charge in [0.05, 0.1) is 0 Å². The van der Waals surface area contributed by atoms with Crippen LogP contribution in [0.2, 0.25) is 0 Å². The molecule has 1 N–H and O–H groups in total. The van der Waals surface area contributed by atoms with Crippen LogP contribution in [0.15, 0.2) is 109 Å². The SMILES string of the molecule is C=CCP(OS(=O)(=O)ON1C(=O)N2C[C@@H]1c1scc(CCN(C(C)=N)C(=O)OC(C)(C)C)c1[C@H]2C(=O)N(C)C)(c1ccccc1)(c1ccccc1)c1ccccc1. The van der Waals surface area contributed by atoms with Crippen LogP contribution >= 0.6 is 18.2 Å². The van der Waals surface area contributed by atoms with Crippen molar-refractivity contribution in [2.45, 2.75) is 51.8 Å². The van der Waals surface area contributed by atoms with E-state index in [2.05, 4.69) is 6.58 Å². The molecule has 2 bridgehead atoms. The molecule has 0 radical (unpaired) electrons. The van der Waals surface area contributed by atoms with E-state index in [4.69, 9.17) is 18.4 Å². The Bertz CT molecular complexity index is 2180. The first-order valence-electron chi connectivity index (χ1n) is 18.4. The summed E-state index contributed by atoms with van der Waals surface area (Å²) < 4.78 is 47.6. The fourth-order valence-corrected chi connectivity index (χ4v) is 16.6. The van der Waals surface area contributed by atoms with Gasteiger partial charge in [0.2, 0.25) is 0 Å². The Balaban J connectivity index is 1.43. The Hall–Kier alpha value is -4.92. The normalized spacial score (nSPS) is 17.3. The van der Waals surface area contributed by atoms with E-state index in [-0.39, 0.29) is 31.5 Å². The van der Waals surface area contributed by atoms with Gasteiger partial charge in [-0.25, -0.2) is 4.79 Å². The maximum absolute atomic E-state index is 14.8. The minimum absolute atomic E-state index is 0.0202. The summed E-state index contributed by atoms with van der Waals surface area (Å²) in [7, 11) is -1.95. The van der Waals surface area contributed by atoms with Crippen LogP contribution in [0.3, 0.4) is 0 Å². The molecule has 0 saturated carbocycles. The van der Waals surface area contributed by atoms with Gasteiger partial charge >= 0.3 is 291 Å². The van der Waals surface area contributed by atoms with Crippen molar-refractivity contribution in [2.24, 2.45) is 0 Å². The predicted molar refractivity (Wildman–Crippen MR) is 224 cm³/mol. The fourth-order valence-electron chi connectivity index (χ4n) is 7.58. The second-order valence-corrected chi connectivity index (χ2v) is 22.0. The van der Waals surface area contributed by atoms with Crippen molar-refractivity contribution < 1.29 is 35.8 Å². The van der Waals surface area contributed by atoms with E-state index < -0.39 is 52.9 Å². The van der Waals surface area contributed by atoms with Crippen LogP contribution in [0, 0.1) is 5.41 Å². The zero-order valence-electron chi connectivity index (χ0n) is 32.8. The number of hydrogen-bond acceptors (Lipinski definition) is 10. The number of hydroxylamine groups is 2. The number of nitrogens with one attached hydrogen (secondary N) is 1. The number of urea groups is 1. The van der Waals surface area contributed by atoms with Crippen LogP contribution in [0.25, 0.3) is 0 Å². The molecular weight excluding hydrogens is 786 g/mol. The molecular formula is C41H48N5O8PS2. The summed E-state index contributed by atoms with van der Waals surface area (Å²) in [6.45, 7) is 6.24. The quantitative estimate of drug-likeness (QED) is 0.0718. The van der Waals surface area contributed by atoms with E-state index in [0.29, 0.717) is 31.9 Å². The Morgan fingerprint density at radius 2 is 1.49 bits per heavy atom. The summed E-state index contributed by atoms with van der Waals surface area (Å²) in [5, 5.41) is 12.7. The van der Waals surface area contributed by atoms with Gasteiger partial charge in [-0.05, 0) is 27.7 Å². The standard InChI is InChI=1S/C41H48N5O8PS2/c1-8-26-55(31-18-12-9-13-19-31,32-20-14-10-15-21-32,33-22-16-11-17-23-33)54-57(50,51)53-46-34-27-45(39(46)48)36(38(47)43(6)7)35-30(28-56-37(34)35)24-25-44(29(2)42)40(49)52-41(3,4)5/h8-23,28,34,36,42H,1,24-27H2,2-7H3/t34-,36+/m1/s1. The van der Waals surface area contributed by atoms with Crippen molar-refractivity contribution in [3.63, 3.8) is 0 Å². The van der Waals surface area contributed by atoms with E-state index in [9.17, 15) is 22.8 Å². The van der Waals surface area contributed by atoms with E-state index in [1.54, 1.807) is 40.9 Å². The van der Waals surface area contributed by atoms with Gasteiger partial charge in [0.15, 0.2) is 0 Å². The summed E-state index contributed by atoms with van der Waals surface area (Å²) in [6, 6.07) is 24.5. The minimum atomic E-state index is -5.11. The molecule has 302 valence electrons. The number of nitrogens with zero attached hydrogens (tertiary/aromatic N) is 4. The summed E-state index contributed by atoms with van der Waals surface area (Å²) in [6.07, 6.45) is 1.25. The van der Waals surface area contributed by atoms with Gasteiger partial charge in [-0.3, -0.25) is 5.41 Å². The number of hydrogen-bond donors (Lipinski definition) is 1. The topological polar surface area (TPSA) is 150 Å². The number of carbonyl (C=O) groups excluding carboxylic acids is 3. The monoisotopic (exact) mass is 833 g/mol. The van der Waals surface area contributed by atoms with Crippen molar-refractivity contribution in [3.05, 3.63) is 125 Å². The third-order valence-electron chi connectivity index (χ3n) is 10.0. The zero-order chi connectivity index (χ0) is 41.4. The molecule has 6 rings (SSSR count). The van der Waals surface area contributed by atoms with Crippen LogP contribution < -0.4 is 15.9 Å². The number of benzene rings is 3. The maximum atomic E-state index is 14.8. The van der Waals surface area contributed by atoms with Crippen LogP contribution in [-0.2, 0) is 34.6 Å². The summed E-state index contributed by atoms with van der Waals surface area (Å²) in [5.41, 5.74) is 0.414. The Morgan fingerprint density at radius 3 is 1.95 bits per heavy atom. The molecule has 4 aromatic rings. The molecule has 0 aliphatic carbocycles. The number of likely N-dealkylation sites (N-methyl/N-ethyl adjacent to an activating group) is 1. The summed E-state index contributed by atoms with van der Waals surface area (Å²) >= 11 is 1.27. The van der Waals surface area contributed by atoms with Crippen molar-refractivity contribution in [3.8, 4) is 0 Å². The first-order valence-corrected chi connectivity index (χ1v) is 22.9. The van der Waals surface area contributed by atoms with Gasteiger partial charge in [0.1, 0.15) is 5.60 Å². The Morgan fingerprint density at radius 1 is 0.965 bits per heavy atom. The third-order valence-corrected chi connectivity index (χ3v) is 18.7. The first-order chi connectivity index (χ1) is 26.9. The molecule has 2 atom stereocenters. The van der Waals surface area contributed by atoms with Crippen LogP contribution in [-0.4, -0.2) is 91.0 Å². The van der Waals surface area contributed by atoms with Gasteiger partial charge in [0.25, 0.3) is 0 Å². The molecule has 0 spiro atoms. The fraction of sp³-hybridized carbons (Fsp3) is 0.317. The predicted octanol–water partition coefficient (Wildman–Crippen LogP) is 6.27. The molecule has 0 unspecified atom stereocenters. The number of fused-ring (bicyclic) bond motifs is 4. The average Bonchev–Trinajstić information content (AvgIpc) is 3.70. The Labute approximate surface area is 338 Å². The van der Waals surface area contributed by atoms with Crippen LogP contribution in [0.5, 0.6) is 0 Å². The van der Waals surface area contributed by atoms with Crippen molar-refractivity contribution in [1.82, 2.24) is 19.8 Å². The van der Waals surface area contributed by atoms with Crippen molar-refractivity contribution >= 4 is 68.3 Å². The van der Waals surface area contributed by atoms with Crippen LogP contribution in [0.1, 0.15) is 55.8 Å². The first kappa shape index (κ1) is 41.7. The molecule has 2 aliphatic heterocycles. The number of rotatable bonds is 13. The Kier molecular flexibility index (Phi) is 11.6. The van der Waals surface area contributed by atoms with Gasteiger partial charge in [0, 0.05) is 0 Å². The summed E-state index contributed by atoms with van der Waals surface area (Å²) in [5.74, 6) is -0.419. The number of carbonyl (C=O) groups is 3. The number of allylic oxidation sites excluding steroid dienone is 1. The molecule has 1 saturated heterocycles. The zero-order valence-corrected chi connectivity index (χ0v) is 35.4. The molecule has 4 amide bonds. The molecule has 13 nitrogen and oxygen atoms in total. The molecule has 57 heavy (non-hydrogen) atoms. The van der Waals surface area contributed by atoms with Gasteiger partial charge in [-0.2, -0.15) is 0 Å².